The first-order valence-electron chi connectivity index (χ1n) is 11.4. The molecule has 1 N–H and O–H groups in total. The van der Waals surface area contributed by atoms with Crippen molar-refractivity contribution in [2.45, 2.75) is 81.0 Å². The molecule has 0 bridgehead atoms. The van der Waals surface area contributed by atoms with Gasteiger partial charge in [0.25, 0.3) is 0 Å². The number of nitrogens with one attached hydrogen (secondary N) is 1. The maximum absolute atomic E-state index is 14.7. The lowest BCUT2D eigenvalue weighted by Gasteiger charge is -2.30. The number of alkyl carbamates (subject to hydrolysis) is 1. The number of carbonyl (C=O) groups is 2. The van der Waals surface area contributed by atoms with Crippen LogP contribution in [0.3, 0.4) is 0 Å². The smallest absolute Gasteiger partial charge is 0.416 e. The minimum absolute atomic E-state index is 0.129. The van der Waals surface area contributed by atoms with Crippen LogP contribution >= 0.6 is 11.8 Å². The van der Waals surface area contributed by atoms with Crippen LogP contribution in [-0.4, -0.2) is 29.8 Å². The summed E-state index contributed by atoms with van der Waals surface area (Å²) in [6.07, 6.45) is -4.43. The van der Waals surface area contributed by atoms with E-state index in [1.165, 1.54) is 25.1 Å². The Morgan fingerprint density at radius 3 is 2.25 bits per heavy atom. The summed E-state index contributed by atoms with van der Waals surface area (Å²) in [6.45, 7) is 8.41. The number of carbonyl (C=O) groups excluding carboxylic acids is 2. The van der Waals surface area contributed by atoms with E-state index in [9.17, 15) is 27.2 Å². The Morgan fingerprint density at radius 1 is 1.00 bits per heavy atom. The number of esters is 1. The van der Waals surface area contributed by atoms with Crippen LogP contribution in [0.5, 0.6) is 0 Å². The Bertz CT molecular complexity index is 1070. The summed E-state index contributed by atoms with van der Waals surface area (Å²) in [4.78, 5) is 25.6. The van der Waals surface area contributed by atoms with E-state index in [1.807, 2.05) is 0 Å². The van der Waals surface area contributed by atoms with Gasteiger partial charge in [-0.15, -0.1) is 0 Å². The molecular weight excluding hydrogens is 498 g/mol. The quantitative estimate of drug-likeness (QED) is 0.276. The highest BCUT2D eigenvalue weighted by molar-refractivity contribution is 7.99. The molecule has 0 heterocycles. The minimum atomic E-state index is -4.46. The van der Waals surface area contributed by atoms with Gasteiger partial charge in [0.05, 0.1) is 12.2 Å². The Labute approximate surface area is 212 Å². The fraction of sp³-hybridized carbons (Fsp3) is 0.462. The molecule has 0 aliphatic heterocycles. The van der Waals surface area contributed by atoms with E-state index in [4.69, 9.17) is 9.47 Å². The molecule has 198 valence electrons. The summed E-state index contributed by atoms with van der Waals surface area (Å²) < 4.78 is 63.9. The van der Waals surface area contributed by atoms with Gasteiger partial charge >= 0.3 is 18.2 Å². The molecule has 0 spiro atoms. The zero-order valence-electron chi connectivity index (χ0n) is 20.9. The Morgan fingerprint density at radius 2 is 1.67 bits per heavy atom. The molecule has 0 unspecified atom stereocenters. The number of halogens is 4. The van der Waals surface area contributed by atoms with Crippen LogP contribution in [0.4, 0.5) is 22.4 Å². The van der Waals surface area contributed by atoms with E-state index in [2.05, 4.69) is 5.32 Å². The van der Waals surface area contributed by atoms with Crippen molar-refractivity contribution in [3.8, 4) is 0 Å². The SMILES string of the molecule is CCOC(=O)[C@@](C)(CCCc1ccc(Sc2cccc(C(F)(F)F)c2)cc1F)NC(=O)OC(C)(C)C. The molecule has 1 atom stereocenters. The second-order valence-corrected chi connectivity index (χ2v) is 10.6. The topological polar surface area (TPSA) is 64.6 Å². The van der Waals surface area contributed by atoms with Crippen molar-refractivity contribution < 1.29 is 36.6 Å². The van der Waals surface area contributed by atoms with E-state index in [-0.39, 0.29) is 19.4 Å². The van der Waals surface area contributed by atoms with E-state index in [0.29, 0.717) is 21.8 Å². The Balaban J connectivity index is 2.06. The molecule has 0 aromatic heterocycles. The van der Waals surface area contributed by atoms with Crippen molar-refractivity contribution in [1.82, 2.24) is 5.32 Å². The number of hydrogen-bond acceptors (Lipinski definition) is 5. The van der Waals surface area contributed by atoms with Crippen molar-refractivity contribution >= 4 is 23.8 Å². The number of ether oxygens (including phenoxy) is 2. The van der Waals surface area contributed by atoms with Crippen molar-refractivity contribution in [3.05, 3.63) is 59.4 Å². The third kappa shape index (κ3) is 9.04. The minimum Gasteiger partial charge on any atom is -0.464 e. The largest absolute Gasteiger partial charge is 0.464 e. The number of hydrogen-bond donors (Lipinski definition) is 1. The number of rotatable bonds is 9. The van der Waals surface area contributed by atoms with Gasteiger partial charge < -0.3 is 14.8 Å². The van der Waals surface area contributed by atoms with Crippen LogP contribution in [0, 0.1) is 5.82 Å². The molecule has 1 amide bonds. The Hall–Kier alpha value is -2.75. The predicted molar refractivity (Wildman–Crippen MR) is 129 cm³/mol. The number of benzene rings is 2. The molecular formula is C26H31F4NO4S. The molecule has 36 heavy (non-hydrogen) atoms. The lowest BCUT2D eigenvalue weighted by atomic mass is 9.93. The molecule has 0 saturated carbocycles. The monoisotopic (exact) mass is 529 g/mol. The number of amides is 1. The summed E-state index contributed by atoms with van der Waals surface area (Å²) in [6, 6.07) is 9.30. The molecule has 0 radical (unpaired) electrons. The number of aryl methyl sites for hydroxylation is 1. The van der Waals surface area contributed by atoms with Gasteiger partial charge in [0.15, 0.2) is 0 Å². The van der Waals surface area contributed by atoms with Gasteiger partial charge in [0.2, 0.25) is 0 Å². The molecule has 0 saturated heterocycles. The summed E-state index contributed by atoms with van der Waals surface area (Å²) in [5, 5.41) is 2.57. The van der Waals surface area contributed by atoms with E-state index in [0.717, 1.165) is 23.9 Å². The van der Waals surface area contributed by atoms with Gasteiger partial charge in [-0.05, 0) is 89.8 Å². The zero-order valence-corrected chi connectivity index (χ0v) is 21.7. The van der Waals surface area contributed by atoms with Crippen LogP contribution in [0.1, 0.15) is 58.6 Å². The molecule has 0 aliphatic carbocycles. The summed E-state index contributed by atoms with van der Waals surface area (Å²) in [5.41, 5.74) is -2.51. The van der Waals surface area contributed by atoms with Crippen molar-refractivity contribution in [3.63, 3.8) is 0 Å². The van der Waals surface area contributed by atoms with Crippen LogP contribution in [0.2, 0.25) is 0 Å². The van der Waals surface area contributed by atoms with Crippen LogP contribution in [-0.2, 0) is 26.9 Å². The summed E-state index contributed by atoms with van der Waals surface area (Å²) in [7, 11) is 0. The van der Waals surface area contributed by atoms with Gasteiger partial charge in [-0.1, -0.05) is 23.9 Å². The van der Waals surface area contributed by atoms with Gasteiger partial charge in [0, 0.05) is 9.79 Å². The van der Waals surface area contributed by atoms with Gasteiger partial charge in [0.1, 0.15) is 17.0 Å². The highest BCUT2D eigenvalue weighted by Gasteiger charge is 2.37. The molecule has 0 aliphatic rings. The van der Waals surface area contributed by atoms with E-state index >= 15 is 0 Å². The predicted octanol–water partition coefficient (Wildman–Crippen LogP) is 7.16. The molecule has 10 heteroatoms. The fourth-order valence-corrected chi connectivity index (χ4v) is 4.24. The zero-order chi connectivity index (χ0) is 27.1. The van der Waals surface area contributed by atoms with Crippen molar-refractivity contribution in [2.75, 3.05) is 6.61 Å². The van der Waals surface area contributed by atoms with Gasteiger partial charge in [-0.3, -0.25) is 0 Å². The molecule has 2 rings (SSSR count). The third-order valence-corrected chi connectivity index (χ3v) is 6.03. The van der Waals surface area contributed by atoms with Crippen LogP contribution in [0.15, 0.2) is 52.3 Å². The summed E-state index contributed by atoms with van der Waals surface area (Å²) in [5.74, 6) is -1.13. The second kappa shape index (κ2) is 12.0. The first kappa shape index (κ1) is 29.5. The fourth-order valence-electron chi connectivity index (χ4n) is 3.33. The van der Waals surface area contributed by atoms with E-state index < -0.39 is 40.8 Å². The lowest BCUT2D eigenvalue weighted by molar-refractivity contribution is -0.150. The molecule has 2 aromatic rings. The first-order valence-corrected chi connectivity index (χ1v) is 12.3. The van der Waals surface area contributed by atoms with Gasteiger partial charge in [-0.2, -0.15) is 13.2 Å². The highest BCUT2D eigenvalue weighted by Crippen LogP contribution is 2.35. The van der Waals surface area contributed by atoms with Crippen LogP contribution in [0.25, 0.3) is 0 Å². The molecule has 5 nitrogen and oxygen atoms in total. The maximum Gasteiger partial charge on any atom is 0.416 e. The van der Waals surface area contributed by atoms with Crippen molar-refractivity contribution in [1.29, 1.82) is 0 Å². The standard InChI is InChI=1S/C26H31F4NO4S/c1-6-34-22(32)25(5,31-23(33)35-24(2,3)4)14-8-9-17-12-13-20(16-21(17)27)36-19-11-7-10-18(15-19)26(28,29)30/h7,10-13,15-16H,6,8-9,14H2,1-5H3,(H,31,33)/t25-/m1/s1. The number of alkyl halides is 3. The van der Waals surface area contributed by atoms with Crippen molar-refractivity contribution in [2.24, 2.45) is 0 Å². The normalized spacial score (nSPS) is 13.6. The first-order chi connectivity index (χ1) is 16.6. The highest BCUT2D eigenvalue weighted by atomic mass is 32.2. The molecule has 2 aromatic carbocycles. The van der Waals surface area contributed by atoms with E-state index in [1.54, 1.807) is 39.8 Å². The average Bonchev–Trinajstić information content (AvgIpc) is 2.73. The average molecular weight is 530 g/mol. The van der Waals surface area contributed by atoms with Gasteiger partial charge in [-0.25, -0.2) is 14.0 Å². The summed E-state index contributed by atoms with van der Waals surface area (Å²) >= 11 is 1.03. The Kier molecular flexibility index (Phi) is 9.82. The van der Waals surface area contributed by atoms with Crippen LogP contribution < -0.4 is 5.32 Å². The maximum atomic E-state index is 14.7. The third-order valence-electron chi connectivity index (χ3n) is 5.05. The lowest BCUT2D eigenvalue weighted by Crippen LogP contribution is -2.54. The second-order valence-electron chi connectivity index (χ2n) is 9.41. The molecule has 0 fully saturated rings.